The first-order chi connectivity index (χ1) is 7.10. The summed E-state index contributed by atoms with van der Waals surface area (Å²) in [5, 5.41) is 12.2. The van der Waals surface area contributed by atoms with Gasteiger partial charge in [0.1, 0.15) is 0 Å². The maximum absolute atomic E-state index is 8.91. The Morgan fingerprint density at radius 1 is 1.33 bits per heavy atom. The van der Waals surface area contributed by atoms with Crippen LogP contribution < -0.4 is 5.32 Å². The van der Waals surface area contributed by atoms with Gasteiger partial charge in [-0.05, 0) is 37.7 Å². The minimum atomic E-state index is 0.0226. The van der Waals surface area contributed by atoms with E-state index in [4.69, 9.17) is 5.26 Å². The van der Waals surface area contributed by atoms with Crippen LogP contribution in [0.3, 0.4) is 0 Å². The Balaban J connectivity index is 3.52. The molecule has 88 valence electrons. The van der Waals surface area contributed by atoms with Gasteiger partial charge in [0.25, 0.3) is 0 Å². The highest BCUT2D eigenvalue weighted by molar-refractivity contribution is 7.99. The Hall–Kier alpha value is -0.200. The molecule has 15 heavy (non-hydrogen) atoms. The summed E-state index contributed by atoms with van der Waals surface area (Å²) in [6, 6.07) is 2.73. The molecule has 0 radical (unpaired) electrons. The molecule has 0 aliphatic rings. The molecule has 0 aromatic rings. The number of hydrogen-bond acceptors (Lipinski definition) is 3. The van der Waals surface area contributed by atoms with Crippen LogP contribution in [0, 0.1) is 17.2 Å². The third kappa shape index (κ3) is 8.77. The lowest BCUT2D eigenvalue weighted by molar-refractivity contribution is 0.522. The van der Waals surface area contributed by atoms with Crippen molar-refractivity contribution < 1.29 is 0 Å². The summed E-state index contributed by atoms with van der Waals surface area (Å²) in [5.41, 5.74) is 0. The molecule has 0 aliphatic carbocycles. The van der Waals surface area contributed by atoms with E-state index in [1.165, 1.54) is 12.2 Å². The predicted octanol–water partition coefficient (Wildman–Crippen LogP) is 3.05. The normalized spacial score (nSPS) is 14.9. The van der Waals surface area contributed by atoms with Crippen LogP contribution >= 0.6 is 11.8 Å². The van der Waals surface area contributed by atoms with Gasteiger partial charge in [-0.1, -0.05) is 20.3 Å². The Labute approximate surface area is 98.8 Å². The quantitative estimate of drug-likeness (QED) is 0.649. The van der Waals surface area contributed by atoms with Gasteiger partial charge in [0.05, 0.1) is 12.1 Å². The van der Waals surface area contributed by atoms with E-state index in [-0.39, 0.29) is 6.04 Å². The number of rotatable bonds is 8. The molecule has 0 amide bonds. The van der Waals surface area contributed by atoms with E-state index in [1.54, 1.807) is 0 Å². The molecule has 0 bridgehead atoms. The first-order valence-corrected chi connectivity index (χ1v) is 6.99. The molecule has 0 aliphatic heterocycles. The third-order valence-electron chi connectivity index (χ3n) is 2.34. The van der Waals surface area contributed by atoms with Crippen LogP contribution in [0.25, 0.3) is 0 Å². The van der Waals surface area contributed by atoms with E-state index in [0.29, 0.717) is 6.04 Å². The highest BCUT2D eigenvalue weighted by atomic mass is 32.2. The van der Waals surface area contributed by atoms with E-state index in [2.05, 4.69) is 39.1 Å². The van der Waals surface area contributed by atoms with Crippen molar-refractivity contribution in [2.24, 2.45) is 5.92 Å². The van der Waals surface area contributed by atoms with Gasteiger partial charge in [-0.15, -0.1) is 0 Å². The van der Waals surface area contributed by atoms with Crippen molar-refractivity contribution in [2.75, 3.05) is 11.5 Å². The summed E-state index contributed by atoms with van der Waals surface area (Å²) in [6.45, 7) is 8.66. The second-order valence-corrected chi connectivity index (χ2v) is 5.53. The zero-order valence-electron chi connectivity index (χ0n) is 10.4. The van der Waals surface area contributed by atoms with Gasteiger partial charge in [-0.3, -0.25) is 5.32 Å². The number of nitrogens with zero attached hydrogens (tertiary/aromatic N) is 1. The van der Waals surface area contributed by atoms with Gasteiger partial charge in [0, 0.05) is 6.04 Å². The number of nitrogens with one attached hydrogen (secondary N) is 1. The van der Waals surface area contributed by atoms with Gasteiger partial charge in [0.2, 0.25) is 0 Å². The topological polar surface area (TPSA) is 35.8 Å². The molecular formula is C12H24N2S. The van der Waals surface area contributed by atoms with E-state index < -0.39 is 0 Å². The fourth-order valence-electron chi connectivity index (χ4n) is 1.19. The predicted molar refractivity (Wildman–Crippen MR) is 69.1 cm³/mol. The summed E-state index contributed by atoms with van der Waals surface area (Å²) >= 11 is 1.97. The largest absolute Gasteiger partial charge is 0.300 e. The first-order valence-electron chi connectivity index (χ1n) is 5.83. The standard InChI is InChI=1S/C12H24N2S/c1-5-11(4)9-15-7-6-12(8-13)14-10(2)3/h10-12,14H,5-7,9H2,1-4H3. The average Bonchev–Trinajstić information content (AvgIpc) is 2.21. The van der Waals surface area contributed by atoms with Gasteiger partial charge in [-0.25, -0.2) is 0 Å². The highest BCUT2D eigenvalue weighted by Gasteiger charge is 2.08. The van der Waals surface area contributed by atoms with Crippen LogP contribution in [0.15, 0.2) is 0 Å². The van der Waals surface area contributed by atoms with E-state index >= 15 is 0 Å². The molecule has 0 fully saturated rings. The smallest absolute Gasteiger partial charge is 0.0962 e. The summed E-state index contributed by atoms with van der Waals surface area (Å²) < 4.78 is 0. The summed E-state index contributed by atoms with van der Waals surface area (Å²) in [4.78, 5) is 0. The third-order valence-corrected chi connectivity index (χ3v) is 3.67. The molecule has 0 saturated heterocycles. The molecule has 2 atom stereocenters. The lowest BCUT2D eigenvalue weighted by Gasteiger charge is -2.14. The van der Waals surface area contributed by atoms with Crippen LogP contribution in [0.2, 0.25) is 0 Å². The van der Waals surface area contributed by atoms with Gasteiger partial charge in [-0.2, -0.15) is 17.0 Å². The van der Waals surface area contributed by atoms with Crippen LogP contribution in [0.5, 0.6) is 0 Å². The molecule has 0 aromatic carbocycles. The molecule has 3 heteroatoms. The van der Waals surface area contributed by atoms with E-state index in [0.717, 1.165) is 18.1 Å². The molecule has 0 spiro atoms. The second kappa shape index (κ2) is 9.06. The molecular weight excluding hydrogens is 204 g/mol. The maximum atomic E-state index is 8.91. The fourth-order valence-corrected chi connectivity index (χ4v) is 2.40. The zero-order chi connectivity index (χ0) is 11.7. The van der Waals surface area contributed by atoms with Gasteiger partial charge in [0.15, 0.2) is 0 Å². The minimum Gasteiger partial charge on any atom is -0.300 e. The maximum Gasteiger partial charge on any atom is 0.0962 e. The highest BCUT2D eigenvalue weighted by Crippen LogP contribution is 2.12. The molecule has 0 rings (SSSR count). The summed E-state index contributed by atoms with van der Waals surface area (Å²) in [7, 11) is 0. The van der Waals surface area contributed by atoms with Crippen molar-refractivity contribution in [3.05, 3.63) is 0 Å². The lowest BCUT2D eigenvalue weighted by atomic mass is 10.2. The average molecular weight is 228 g/mol. The molecule has 2 nitrogen and oxygen atoms in total. The van der Waals surface area contributed by atoms with Crippen molar-refractivity contribution in [1.82, 2.24) is 5.32 Å². The molecule has 2 unspecified atom stereocenters. The lowest BCUT2D eigenvalue weighted by Crippen LogP contribution is -2.34. The summed E-state index contributed by atoms with van der Waals surface area (Å²) in [6.07, 6.45) is 2.20. The molecule has 0 heterocycles. The van der Waals surface area contributed by atoms with Crippen molar-refractivity contribution >= 4 is 11.8 Å². The second-order valence-electron chi connectivity index (χ2n) is 4.38. The Morgan fingerprint density at radius 2 is 2.00 bits per heavy atom. The van der Waals surface area contributed by atoms with Crippen molar-refractivity contribution in [3.63, 3.8) is 0 Å². The molecule has 1 N–H and O–H groups in total. The Kier molecular flexibility index (Phi) is 8.94. The van der Waals surface area contributed by atoms with Crippen LogP contribution in [0.1, 0.15) is 40.5 Å². The van der Waals surface area contributed by atoms with Crippen molar-refractivity contribution in [1.29, 1.82) is 5.26 Å². The van der Waals surface area contributed by atoms with Gasteiger partial charge >= 0.3 is 0 Å². The van der Waals surface area contributed by atoms with Crippen molar-refractivity contribution in [2.45, 2.75) is 52.6 Å². The number of nitriles is 1. The molecule has 0 aromatic heterocycles. The monoisotopic (exact) mass is 228 g/mol. The SMILES string of the molecule is CCC(C)CSCCC(C#N)NC(C)C. The molecule has 0 saturated carbocycles. The minimum absolute atomic E-state index is 0.0226. The zero-order valence-corrected chi connectivity index (χ0v) is 11.2. The first kappa shape index (κ1) is 14.8. The van der Waals surface area contributed by atoms with E-state index in [9.17, 15) is 0 Å². The fraction of sp³-hybridized carbons (Fsp3) is 0.917. The van der Waals surface area contributed by atoms with Crippen LogP contribution in [-0.4, -0.2) is 23.6 Å². The number of hydrogen-bond donors (Lipinski definition) is 1. The number of thioether (sulfide) groups is 1. The Morgan fingerprint density at radius 3 is 2.47 bits per heavy atom. The van der Waals surface area contributed by atoms with E-state index in [1.807, 2.05) is 11.8 Å². The van der Waals surface area contributed by atoms with Crippen LogP contribution in [0.4, 0.5) is 0 Å². The Bertz CT molecular complexity index is 187. The van der Waals surface area contributed by atoms with Crippen LogP contribution in [-0.2, 0) is 0 Å². The summed E-state index contributed by atoms with van der Waals surface area (Å²) in [5.74, 6) is 3.10. The van der Waals surface area contributed by atoms with Crippen molar-refractivity contribution in [3.8, 4) is 6.07 Å². The van der Waals surface area contributed by atoms with Gasteiger partial charge < -0.3 is 0 Å².